The second kappa shape index (κ2) is 4.79. The number of aldehydes is 1. The number of carbonyl (C=O) groups excluding carboxylic acids is 2. The molecule has 0 atom stereocenters. The first-order valence-corrected chi connectivity index (χ1v) is 4.58. The number of benzene rings is 1. The first-order chi connectivity index (χ1) is 7.10. The molecule has 0 aliphatic carbocycles. The summed E-state index contributed by atoms with van der Waals surface area (Å²) in [5, 5.41) is 0. The molecular formula is C11H12FNO2. The van der Waals surface area contributed by atoms with E-state index in [1.165, 1.54) is 6.07 Å². The van der Waals surface area contributed by atoms with Crippen molar-refractivity contribution in [2.75, 3.05) is 6.54 Å². The summed E-state index contributed by atoms with van der Waals surface area (Å²) in [6.07, 6.45) is 0.637. The Morgan fingerprint density at radius 1 is 1.53 bits per heavy atom. The van der Waals surface area contributed by atoms with Crippen LogP contribution >= 0.6 is 0 Å². The van der Waals surface area contributed by atoms with E-state index in [0.717, 1.165) is 6.07 Å². The molecule has 4 heteroatoms. The summed E-state index contributed by atoms with van der Waals surface area (Å²) in [5.74, 6) is -0.718. The Bertz CT molecular complexity index is 402. The highest BCUT2D eigenvalue weighted by molar-refractivity contribution is 6.03. The smallest absolute Gasteiger partial charge is 0.164 e. The fourth-order valence-electron chi connectivity index (χ4n) is 1.30. The van der Waals surface area contributed by atoms with Gasteiger partial charge in [-0.25, -0.2) is 4.39 Å². The van der Waals surface area contributed by atoms with Gasteiger partial charge < -0.3 is 5.73 Å². The van der Waals surface area contributed by atoms with E-state index in [-0.39, 0.29) is 29.9 Å². The number of nitrogens with two attached hydrogens (primary N) is 1. The topological polar surface area (TPSA) is 60.2 Å². The van der Waals surface area contributed by atoms with Gasteiger partial charge in [0, 0.05) is 17.5 Å². The van der Waals surface area contributed by atoms with Gasteiger partial charge in [0.25, 0.3) is 0 Å². The van der Waals surface area contributed by atoms with Gasteiger partial charge in [0.05, 0.1) is 0 Å². The standard InChI is InChI=1S/C11H12FNO2/c1-7-4-9(11(15)2-3-13)8(6-14)5-10(7)12/h4-6H,2-3,13H2,1H3. The van der Waals surface area contributed by atoms with Gasteiger partial charge in [-0.2, -0.15) is 0 Å². The lowest BCUT2D eigenvalue weighted by atomic mass is 9.99. The summed E-state index contributed by atoms with van der Waals surface area (Å²) >= 11 is 0. The Morgan fingerprint density at radius 3 is 2.73 bits per heavy atom. The third-order valence-corrected chi connectivity index (χ3v) is 2.13. The fourth-order valence-corrected chi connectivity index (χ4v) is 1.30. The lowest BCUT2D eigenvalue weighted by Crippen LogP contribution is -2.11. The average Bonchev–Trinajstić information content (AvgIpc) is 2.21. The number of Topliss-reactive ketones (excluding diaryl/α,β-unsaturated/α-hetero) is 1. The van der Waals surface area contributed by atoms with Crippen molar-refractivity contribution in [1.82, 2.24) is 0 Å². The number of carbonyl (C=O) groups is 2. The summed E-state index contributed by atoms with van der Waals surface area (Å²) in [7, 11) is 0. The van der Waals surface area contributed by atoms with Crippen molar-refractivity contribution in [3.8, 4) is 0 Å². The first-order valence-electron chi connectivity index (χ1n) is 4.58. The molecule has 0 heterocycles. The number of hydrogen-bond donors (Lipinski definition) is 1. The van der Waals surface area contributed by atoms with Crippen molar-refractivity contribution in [2.45, 2.75) is 13.3 Å². The van der Waals surface area contributed by atoms with Gasteiger partial charge in [-0.3, -0.25) is 9.59 Å². The molecule has 0 fully saturated rings. The van der Waals surface area contributed by atoms with Crippen LogP contribution < -0.4 is 5.73 Å². The van der Waals surface area contributed by atoms with Gasteiger partial charge in [-0.1, -0.05) is 0 Å². The van der Waals surface area contributed by atoms with Crippen molar-refractivity contribution < 1.29 is 14.0 Å². The molecule has 2 N–H and O–H groups in total. The van der Waals surface area contributed by atoms with Crippen LogP contribution in [0.5, 0.6) is 0 Å². The summed E-state index contributed by atoms with van der Waals surface area (Å²) in [6.45, 7) is 1.76. The van der Waals surface area contributed by atoms with E-state index >= 15 is 0 Å². The first kappa shape index (κ1) is 11.5. The van der Waals surface area contributed by atoms with Gasteiger partial charge in [0.2, 0.25) is 0 Å². The third kappa shape index (κ3) is 2.47. The van der Waals surface area contributed by atoms with E-state index in [9.17, 15) is 14.0 Å². The normalized spacial score (nSPS) is 10.1. The lowest BCUT2D eigenvalue weighted by Gasteiger charge is -2.05. The monoisotopic (exact) mass is 209 g/mol. The summed E-state index contributed by atoms with van der Waals surface area (Å²) in [5.41, 5.74) is 5.92. The second-order valence-corrected chi connectivity index (χ2v) is 3.27. The number of halogens is 1. The molecule has 0 aliphatic heterocycles. The number of rotatable bonds is 4. The van der Waals surface area contributed by atoms with E-state index in [1.54, 1.807) is 6.92 Å². The van der Waals surface area contributed by atoms with Crippen LogP contribution in [0.15, 0.2) is 12.1 Å². The summed E-state index contributed by atoms with van der Waals surface area (Å²) in [4.78, 5) is 22.2. The van der Waals surface area contributed by atoms with Crippen molar-refractivity contribution in [3.63, 3.8) is 0 Å². The highest BCUT2D eigenvalue weighted by Gasteiger charge is 2.13. The fraction of sp³-hybridized carbons (Fsp3) is 0.273. The zero-order valence-corrected chi connectivity index (χ0v) is 8.42. The van der Waals surface area contributed by atoms with Crippen LogP contribution in [0, 0.1) is 12.7 Å². The molecule has 0 amide bonds. The maximum atomic E-state index is 13.1. The minimum Gasteiger partial charge on any atom is -0.330 e. The average molecular weight is 209 g/mol. The quantitative estimate of drug-likeness (QED) is 0.603. The Balaban J connectivity index is 3.21. The maximum Gasteiger partial charge on any atom is 0.164 e. The molecular weight excluding hydrogens is 197 g/mol. The van der Waals surface area contributed by atoms with Crippen LogP contribution in [0.25, 0.3) is 0 Å². The van der Waals surface area contributed by atoms with Crippen molar-refractivity contribution in [3.05, 3.63) is 34.6 Å². The van der Waals surface area contributed by atoms with Crippen LogP contribution in [0.4, 0.5) is 4.39 Å². The number of ketones is 1. The minimum absolute atomic E-state index is 0.0801. The molecule has 0 saturated carbocycles. The molecule has 0 radical (unpaired) electrons. The molecule has 0 spiro atoms. The van der Waals surface area contributed by atoms with Gasteiger partial charge >= 0.3 is 0 Å². The zero-order chi connectivity index (χ0) is 11.4. The molecule has 0 aromatic heterocycles. The molecule has 15 heavy (non-hydrogen) atoms. The molecule has 1 aromatic rings. The number of aryl methyl sites for hydroxylation is 1. The van der Waals surface area contributed by atoms with Crippen LogP contribution in [0.1, 0.15) is 32.7 Å². The van der Waals surface area contributed by atoms with Crippen LogP contribution in [-0.2, 0) is 0 Å². The predicted octanol–water partition coefficient (Wildman–Crippen LogP) is 1.48. The Kier molecular flexibility index (Phi) is 3.68. The molecule has 0 bridgehead atoms. The zero-order valence-electron chi connectivity index (χ0n) is 8.42. The predicted molar refractivity (Wildman–Crippen MR) is 54.5 cm³/mol. The summed E-state index contributed by atoms with van der Waals surface area (Å²) < 4.78 is 13.1. The largest absolute Gasteiger partial charge is 0.330 e. The molecule has 0 unspecified atom stereocenters. The molecule has 1 rings (SSSR count). The van der Waals surface area contributed by atoms with Gasteiger partial charge in [0.1, 0.15) is 5.82 Å². The molecule has 3 nitrogen and oxygen atoms in total. The lowest BCUT2D eigenvalue weighted by molar-refractivity contribution is 0.0978. The highest BCUT2D eigenvalue weighted by atomic mass is 19.1. The third-order valence-electron chi connectivity index (χ3n) is 2.13. The molecule has 80 valence electrons. The van der Waals surface area contributed by atoms with Crippen LogP contribution in [0.3, 0.4) is 0 Å². The SMILES string of the molecule is Cc1cc(C(=O)CCN)c(C=O)cc1F. The van der Waals surface area contributed by atoms with E-state index in [2.05, 4.69) is 0 Å². The van der Waals surface area contributed by atoms with Gasteiger partial charge in [-0.15, -0.1) is 0 Å². The molecule has 0 aliphatic rings. The molecule has 1 aromatic carbocycles. The van der Waals surface area contributed by atoms with Crippen molar-refractivity contribution >= 4 is 12.1 Å². The Labute approximate surface area is 87.1 Å². The Morgan fingerprint density at radius 2 is 2.20 bits per heavy atom. The second-order valence-electron chi connectivity index (χ2n) is 3.27. The highest BCUT2D eigenvalue weighted by Crippen LogP contribution is 2.15. The van der Waals surface area contributed by atoms with Crippen LogP contribution in [0.2, 0.25) is 0 Å². The van der Waals surface area contributed by atoms with Gasteiger partial charge in [-0.05, 0) is 31.2 Å². The van der Waals surface area contributed by atoms with E-state index in [0.29, 0.717) is 11.8 Å². The van der Waals surface area contributed by atoms with E-state index < -0.39 is 5.82 Å². The minimum atomic E-state index is -0.485. The maximum absolute atomic E-state index is 13.1. The van der Waals surface area contributed by atoms with E-state index in [1.807, 2.05) is 0 Å². The van der Waals surface area contributed by atoms with Crippen molar-refractivity contribution in [1.29, 1.82) is 0 Å². The van der Waals surface area contributed by atoms with E-state index in [4.69, 9.17) is 5.73 Å². The molecule has 0 saturated heterocycles. The van der Waals surface area contributed by atoms with Crippen molar-refractivity contribution in [2.24, 2.45) is 5.73 Å². The van der Waals surface area contributed by atoms with Crippen LogP contribution in [-0.4, -0.2) is 18.6 Å². The summed E-state index contributed by atoms with van der Waals surface area (Å²) in [6, 6.07) is 2.46. The Hall–Kier alpha value is -1.55. The number of hydrogen-bond acceptors (Lipinski definition) is 3. The van der Waals surface area contributed by atoms with Gasteiger partial charge in [0.15, 0.2) is 12.1 Å².